The van der Waals surface area contributed by atoms with Gasteiger partial charge in [0.05, 0.1) is 6.10 Å². The summed E-state index contributed by atoms with van der Waals surface area (Å²) in [6, 6.07) is 0. The van der Waals surface area contributed by atoms with Crippen LogP contribution in [0.5, 0.6) is 0 Å². The van der Waals surface area contributed by atoms with E-state index >= 15 is 0 Å². The summed E-state index contributed by atoms with van der Waals surface area (Å²) in [5.41, 5.74) is 0. The molecule has 10 heavy (non-hydrogen) atoms. The normalized spacial score (nSPS) is 39.8. The van der Waals surface area contributed by atoms with Crippen molar-refractivity contribution in [1.82, 2.24) is 0 Å². The van der Waals surface area contributed by atoms with Crippen LogP contribution in [0.3, 0.4) is 0 Å². The van der Waals surface area contributed by atoms with Crippen molar-refractivity contribution in [3.63, 3.8) is 0 Å². The number of hydrogen-bond acceptors (Lipinski definition) is 2. The fourth-order valence-corrected chi connectivity index (χ4v) is 1.96. The molecule has 0 bridgehead atoms. The SMILES string of the molecule is O=C1CC[C@H]2OCCC[C@H]12. The third-order valence-corrected chi connectivity index (χ3v) is 2.53. The molecule has 2 nitrogen and oxygen atoms in total. The lowest BCUT2D eigenvalue weighted by Crippen LogP contribution is -2.27. The van der Waals surface area contributed by atoms with Gasteiger partial charge in [0, 0.05) is 18.9 Å². The maximum absolute atomic E-state index is 11.1. The first-order valence-corrected chi connectivity index (χ1v) is 4.02. The Kier molecular flexibility index (Phi) is 1.49. The molecular weight excluding hydrogens is 128 g/mol. The van der Waals surface area contributed by atoms with E-state index < -0.39 is 0 Å². The van der Waals surface area contributed by atoms with Gasteiger partial charge in [0.2, 0.25) is 0 Å². The molecule has 1 heterocycles. The molecule has 0 aromatic heterocycles. The summed E-state index contributed by atoms with van der Waals surface area (Å²) in [5, 5.41) is 0. The highest BCUT2D eigenvalue weighted by atomic mass is 16.5. The van der Waals surface area contributed by atoms with Crippen molar-refractivity contribution < 1.29 is 9.53 Å². The number of Topliss-reactive ketones (excluding diaryl/α,β-unsaturated/α-hetero) is 1. The molecule has 0 radical (unpaired) electrons. The Hall–Kier alpha value is -0.370. The van der Waals surface area contributed by atoms with Gasteiger partial charge in [-0.05, 0) is 19.3 Å². The molecule has 2 rings (SSSR count). The Morgan fingerprint density at radius 3 is 3.10 bits per heavy atom. The number of ether oxygens (including phenoxy) is 1. The van der Waals surface area contributed by atoms with E-state index in [4.69, 9.17) is 4.74 Å². The standard InChI is InChI=1S/C8H12O2/c9-7-3-4-8-6(7)2-1-5-10-8/h6,8H,1-5H2/t6-,8-/m1/s1. The zero-order valence-electron chi connectivity index (χ0n) is 6.01. The monoisotopic (exact) mass is 140 g/mol. The highest BCUT2D eigenvalue weighted by Crippen LogP contribution is 2.31. The molecular formula is C8H12O2. The molecule has 1 aliphatic carbocycles. The maximum Gasteiger partial charge on any atom is 0.138 e. The van der Waals surface area contributed by atoms with Crippen LogP contribution in [0, 0.1) is 5.92 Å². The van der Waals surface area contributed by atoms with Crippen molar-refractivity contribution >= 4 is 5.78 Å². The largest absolute Gasteiger partial charge is 0.377 e. The molecule has 2 aliphatic rings. The topological polar surface area (TPSA) is 26.3 Å². The molecule has 1 saturated heterocycles. The van der Waals surface area contributed by atoms with Crippen LogP contribution in [0.4, 0.5) is 0 Å². The first-order valence-electron chi connectivity index (χ1n) is 4.02. The van der Waals surface area contributed by atoms with Gasteiger partial charge in [-0.25, -0.2) is 0 Å². The number of hydrogen-bond donors (Lipinski definition) is 0. The van der Waals surface area contributed by atoms with Crippen molar-refractivity contribution in [2.75, 3.05) is 6.61 Å². The summed E-state index contributed by atoms with van der Waals surface area (Å²) in [5.74, 6) is 0.707. The molecule has 0 aromatic rings. The van der Waals surface area contributed by atoms with Crippen LogP contribution in [0.2, 0.25) is 0 Å². The first kappa shape index (κ1) is 6.35. The predicted octanol–water partition coefficient (Wildman–Crippen LogP) is 1.14. The number of ketones is 1. The minimum absolute atomic E-state index is 0.272. The summed E-state index contributed by atoms with van der Waals surface area (Å²) < 4.78 is 5.45. The number of carbonyl (C=O) groups is 1. The van der Waals surface area contributed by atoms with Crippen molar-refractivity contribution in [2.24, 2.45) is 5.92 Å². The van der Waals surface area contributed by atoms with E-state index in [1.165, 1.54) is 0 Å². The Bertz CT molecular complexity index is 153. The third-order valence-electron chi connectivity index (χ3n) is 2.53. The molecule has 56 valence electrons. The summed E-state index contributed by atoms with van der Waals surface area (Å²) in [6.45, 7) is 0.869. The average molecular weight is 140 g/mol. The Labute approximate surface area is 60.6 Å². The second-order valence-corrected chi connectivity index (χ2v) is 3.16. The summed E-state index contributed by atoms with van der Waals surface area (Å²) in [4.78, 5) is 11.1. The second-order valence-electron chi connectivity index (χ2n) is 3.16. The molecule has 2 fully saturated rings. The van der Waals surface area contributed by atoms with Crippen LogP contribution >= 0.6 is 0 Å². The van der Waals surface area contributed by atoms with Crippen LogP contribution in [-0.4, -0.2) is 18.5 Å². The van der Waals surface area contributed by atoms with Gasteiger partial charge in [-0.15, -0.1) is 0 Å². The van der Waals surface area contributed by atoms with Crippen LogP contribution in [-0.2, 0) is 9.53 Å². The molecule has 1 saturated carbocycles. The van der Waals surface area contributed by atoms with Crippen LogP contribution < -0.4 is 0 Å². The van der Waals surface area contributed by atoms with Gasteiger partial charge >= 0.3 is 0 Å². The molecule has 0 unspecified atom stereocenters. The average Bonchev–Trinajstić information content (AvgIpc) is 2.34. The summed E-state index contributed by atoms with van der Waals surface area (Å²) in [7, 11) is 0. The lowest BCUT2D eigenvalue weighted by Gasteiger charge is -2.23. The fraction of sp³-hybridized carbons (Fsp3) is 0.875. The van der Waals surface area contributed by atoms with E-state index in [0.717, 1.165) is 32.3 Å². The smallest absolute Gasteiger partial charge is 0.138 e. The molecule has 0 amide bonds. The molecule has 0 spiro atoms. The lowest BCUT2D eigenvalue weighted by atomic mass is 9.97. The van der Waals surface area contributed by atoms with Crippen molar-refractivity contribution in [2.45, 2.75) is 31.8 Å². The zero-order chi connectivity index (χ0) is 6.97. The van der Waals surface area contributed by atoms with Gasteiger partial charge < -0.3 is 4.74 Å². The minimum Gasteiger partial charge on any atom is -0.377 e. The van der Waals surface area contributed by atoms with E-state index in [-0.39, 0.29) is 5.92 Å². The Morgan fingerprint density at radius 1 is 1.40 bits per heavy atom. The van der Waals surface area contributed by atoms with Gasteiger partial charge in [0.15, 0.2) is 0 Å². The van der Waals surface area contributed by atoms with Crippen molar-refractivity contribution in [1.29, 1.82) is 0 Å². The van der Waals surface area contributed by atoms with E-state index in [9.17, 15) is 4.79 Å². The number of fused-ring (bicyclic) bond motifs is 1. The van der Waals surface area contributed by atoms with Gasteiger partial charge in [-0.3, -0.25) is 4.79 Å². The molecule has 0 aromatic carbocycles. The van der Waals surface area contributed by atoms with Gasteiger partial charge in [0.25, 0.3) is 0 Å². The minimum atomic E-state index is 0.272. The van der Waals surface area contributed by atoms with Crippen molar-refractivity contribution in [3.8, 4) is 0 Å². The van der Waals surface area contributed by atoms with E-state index in [1.54, 1.807) is 0 Å². The van der Waals surface area contributed by atoms with E-state index in [0.29, 0.717) is 11.9 Å². The zero-order valence-corrected chi connectivity index (χ0v) is 6.01. The third kappa shape index (κ3) is 0.870. The van der Waals surface area contributed by atoms with Gasteiger partial charge in [0.1, 0.15) is 5.78 Å². The number of rotatable bonds is 0. The van der Waals surface area contributed by atoms with Gasteiger partial charge in [-0.1, -0.05) is 0 Å². The summed E-state index contributed by atoms with van der Waals surface area (Å²) in [6.07, 6.45) is 4.18. The lowest BCUT2D eigenvalue weighted by molar-refractivity contribution is -0.124. The fourth-order valence-electron chi connectivity index (χ4n) is 1.96. The molecule has 2 heteroatoms. The van der Waals surface area contributed by atoms with Gasteiger partial charge in [-0.2, -0.15) is 0 Å². The van der Waals surface area contributed by atoms with E-state index in [1.807, 2.05) is 0 Å². The number of carbonyl (C=O) groups excluding carboxylic acids is 1. The van der Waals surface area contributed by atoms with Crippen LogP contribution in [0.15, 0.2) is 0 Å². The quantitative estimate of drug-likeness (QED) is 0.504. The summed E-state index contributed by atoms with van der Waals surface area (Å²) >= 11 is 0. The van der Waals surface area contributed by atoms with E-state index in [2.05, 4.69) is 0 Å². The molecule has 1 aliphatic heterocycles. The Balaban J connectivity index is 2.08. The highest BCUT2D eigenvalue weighted by molar-refractivity contribution is 5.83. The van der Waals surface area contributed by atoms with Crippen molar-refractivity contribution in [3.05, 3.63) is 0 Å². The van der Waals surface area contributed by atoms with Crippen LogP contribution in [0.1, 0.15) is 25.7 Å². The second kappa shape index (κ2) is 2.35. The van der Waals surface area contributed by atoms with Crippen LogP contribution in [0.25, 0.3) is 0 Å². The highest BCUT2D eigenvalue weighted by Gasteiger charge is 2.36. The molecule has 0 N–H and O–H groups in total. The maximum atomic E-state index is 11.1. The first-order chi connectivity index (χ1) is 4.88. The molecule has 2 atom stereocenters. The Morgan fingerprint density at radius 2 is 2.30 bits per heavy atom. The predicted molar refractivity (Wildman–Crippen MR) is 36.7 cm³/mol.